The molecule has 1 aliphatic heterocycles. The quantitative estimate of drug-likeness (QED) is 0.452. The molecule has 0 aliphatic carbocycles. The van der Waals surface area contributed by atoms with Crippen molar-refractivity contribution in [1.29, 1.82) is 0 Å². The van der Waals surface area contributed by atoms with E-state index in [0.29, 0.717) is 12.5 Å². The fourth-order valence-electron chi connectivity index (χ4n) is 3.73. The third kappa shape index (κ3) is 4.02. The van der Waals surface area contributed by atoms with Crippen molar-refractivity contribution in [2.75, 3.05) is 6.61 Å². The Kier molecular flexibility index (Phi) is 5.58. The predicted octanol–water partition coefficient (Wildman–Crippen LogP) is 4.76. The van der Waals surface area contributed by atoms with Crippen LogP contribution in [0.5, 0.6) is 0 Å². The van der Waals surface area contributed by atoms with Gasteiger partial charge in [0.25, 0.3) is 0 Å². The number of para-hydroxylation sites is 1. The minimum Gasteiger partial charge on any atom is -0.394 e. The van der Waals surface area contributed by atoms with Crippen LogP contribution in [0.25, 0.3) is 5.69 Å². The van der Waals surface area contributed by atoms with E-state index in [1.807, 2.05) is 18.2 Å². The smallest absolute Gasteiger partial charge is 0.136 e. The lowest BCUT2D eigenvalue weighted by Crippen LogP contribution is -2.34. The minimum absolute atomic E-state index is 0.257. The Morgan fingerprint density at radius 3 is 2.57 bits per heavy atom. The van der Waals surface area contributed by atoms with Crippen molar-refractivity contribution in [2.24, 2.45) is 11.1 Å². The topological polar surface area (TPSA) is 38.5 Å². The van der Waals surface area contributed by atoms with Gasteiger partial charge in [0.2, 0.25) is 0 Å². The van der Waals surface area contributed by atoms with Crippen LogP contribution >= 0.6 is 0 Å². The minimum atomic E-state index is 0.257. The highest BCUT2D eigenvalue weighted by atomic mass is 16.6. The van der Waals surface area contributed by atoms with E-state index in [4.69, 9.17) is 4.84 Å². The normalized spacial score (nSPS) is 14.9. The largest absolute Gasteiger partial charge is 0.394 e. The molecule has 0 spiro atoms. The monoisotopic (exact) mass is 373 g/mol. The van der Waals surface area contributed by atoms with Crippen LogP contribution in [-0.4, -0.2) is 22.9 Å². The Labute approximate surface area is 166 Å². The number of nitrogens with zero attached hydrogens (tertiary/aromatic N) is 2. The molecular formula is C24H27N3O. The number of fused-ring (bicyclic) bond motifs is 3. The third-order valence-corrected chi connectivity index (χ3v) is 5.04. The summed E-state index contributed by atoms with van der Waals surface area (Å²) in [5.74, 6) is 0.592. The van der Waals surface area contributed by atoms with Crippen LogP contribution in [0.4, 0.5) is 0 Å². The second-order valence-electron chi connectivity index (χ2n) is 7.71. The Morgan fingerprint density at radius 1 is 0.964 bits per heavy atom. The number of hydrogen-bond acceptors (Lipinski definition) is 3. The molecule has 144 valence electrons. The molecule has 2 aromatic carbocycles. The maximum atomic E-state index is 5.86. The van der Waals surface area contributed by atoms with Crippen LogP contribution in [0.2, 0.25) is 0 Å². The molecule has 0 saturated heterocycles. The molecule has 0 radical (unpaired) electrons. The van der Waals surface area contributed by atoms with Crippen molar-refractivity contribution in [3.05, 3.63) is 89.7 Å². The van der Waals surface area contributed by atoms with Crippen molar-refractivity contribution < 1.29 is 4.84 Å². The van der Waals surface area contributed by atoms with Crippen molar-refractivity contribution in [3.63, 3.8) is 0 Å². The molecule has 0 amide bonds. The summed E-state index contributed by atoms with van der Waals surface area (Å²) >= 11 is 0. The van der Waals surface area contributed by atoms with Crippen molar-refractivity contribution in [2.45, 2.75) is 32.9 Å². The van der Waals surface area contributed by atoms with E-state index in [2.05, 4.69) is 83.6 Å². The molecule has 0 fully saturated rings. The number of aromatic nitrogens is 1. The Bertz CT molecular complexity index is 943. The van der Waals surface area contributed by atoms with Gasteiger partial charge in [0.05, 0.1) is 11.4 Å². The van der Waals surface area contributed by atoms with Gasteiger partial charge < -0.3 is 14.7 Å². The lowest BCUT2D eigenvalue weighted by Gasteiger charge is -2.19. The molecule has 1 aromatic heterocycles. The second kappa shape index (κ2) is 8.44. The summed E-state index contributed by atoms with van der Waals surface area (Å²) in [7, 11) is 0. The highest BCUT2D eigenvalue weighted by Gasteiger charge is 2.24. The molecule has 4 rings (SSSR count). The van der Waals surface area contributed by atoms with E-state index in [9.17, 15) is 0 Å². The Morgan fingerprint density at radius 2 is 1.75 bits per heavy atom. The van der Waals surface area contributed by atoms with Gasteiger partial charge in [-0.05, 0) is 36.1 Å². The highest BCUT2D eigenvalue weighted by molar-refractivity contribution is 6.17. The standard InChI is InChI=1S/C24H27N3O/c1-18(2)15-20(25-16-19-9-4-3-5-10-19)17-28-26-24-21-11-6-7-12-22(21)27-14-8-13-23(24)27/h3-14,18,20,25H,15-17H2,1-2H3/b26-24-. The number of oxime groups is 1. The van der Waals surface area contributed by atoms with Gasteiger partial charge in [-0.2, -0.15) is 0 Å². The molecule has 4 heteroatoms. The van der Waals surface area contributed by atoms with Crippen LogP contribution in [0, 0.1) is 5.92 Å². The van der Waals surface area contributed by atoms with E-state index in [1.165, 1.54) is 5.56 Å². The van der Waals surface area contributed by atoms with Gasteiger partial charge in [-0.1, -0.05) is 67.5 Å². The first kappa shape index (κ1) is 18.5. The molecule has 0 bridgehead atoms. The van der Waals surface area contributed by atoms with Gasteiger partial charge in [-0.15, -0.1) is 0 Å². The summed E-state index contributed by atoms with van der Waals surface area (Å²) in [6.45, 7) is 5.87. The first-order valence-electron chi connectivity index (χ1n) is 9.97. The van der Waals surface area contributed by atoms with Gasteiger partial charge in [0.15, 0.2) is 0 Å². The van der Waals surface area contributed by atoms with Crippen LogP contribution in [-0.2, 0) is 11.4 Å². The molecule has 28 heavy (non-hydrogen) atoms. The molecule has 1 aliphatic rings. The average molecular weight is 374 g/mol. The van der Waals surface area contributed by atoms with E-state index in [-0.39, 0.29) is 6.04 Å². The van der Waals surface area contributed by atoms with Crippen LogP contribution in [0.1, 0.15) is 37.1 Å². The lowest BCUT2D eigenvalue weighted by atomic mass is 10.0. The Hall–Kier alpha value is -2.85. The van der Waals surface area contributed by atoms with Crippen LogP contribution in [0.3, 0.4) is 0 Å². The van der Waals surface area contributed by atoms with Gasteiger partial charge >= 0.3 is 0 Å². The summed E-state index contributed by atoms with van der Waals surface area (Å²) in [6.07, 6.45) is 3.12. The van der Waals surface area contributed by atoms with Crippen LogP contribution in [0.15, 0.2) is 78.1 Å². The first-order chi connectivity index (χ1) is 13.7. The lowest BCUT2D eigenvalue weighted by molar-refractivity contribution is 0.112. The number of nitrogens with one attached hydrogen (secondary N) is 1. The van der Waals surface area contributed by atoms with Gasteiger partial charge in [0.1, 0.15) is 12.3 Å². The second-order valence-corrected chi connectivity index (χ2v) is 7.71. The van der Waals surface area contributed by atoms with Gasteiger partial charge in [-0.25, -0.2) is 0 Å². The maximum absolute atomic E-state index is 5.86. The molecule has 1 atom stereocenters. The number of rotatable bonds is 8. The van der Waals surface area contributed by atoms with E-state index in [0.717, 1.165) is 35.6 Å². The SMILES string of the molecule is CC(C)CC(CO/N=C1/c2ccccc2-n2cccc21)NCc1ccccc1. The van der Waals surface area contributed by atoms with Crippen molar-refractivity contribution in [1.82, 2.24) is 9.88 Å². The van der Waals surface area contributed by atoms with Crippen molar-refractivity contribution in [3.8, 4) is 5.69 Å². The highest BCUT2D eigenvalue weighted by Crippen LogP contribution is 2.28. The average Bonchev–Trinajstić information content (AvgIpc) is 3.29. The zero-order valence-corrected chi connectivity index (χ0v) is 16.5. The van der Waals surface area contributed by atoms with Gasteiger partial charge in [-0.3, -0.25) is 0 Å². The summed E-state index contributed by atoms with van der Waals surface area (Å²) in [6, 6.07) is 23.2. The molecular weight excluding hydrogens is 346 g/mol. The predicted molar refractivity (Wildman–Crippen MR) is 114 cm³/mol. The Balaban J connectivity index is 1.44. The zero-order chi connectivity index (χ0) is 19.3. The maximum Gasteiger partial charge on any atom is 0.136 e. The number of benzene rings is 2. The van der Waals surface area contributed by atoms with Crippen LogP contribution < -0.4 is 5.32 Å². The van der Waals surface area contributed by atoms with E-state index in [1.54, 1.807) is 0 Å². The fraction of sp³-hybridized carbons (Fsp3) is 0.292. The fourth-order valence-corrected chi connectivity index (χ4v) is 3.73. The number of hydrogen-bond donors (Lipinski definition) is 1. The molecule has 1 unspecified atom stereocenters. The van der Waals surface area contributed by atoms with E-state index >= 15 is 0 Å². The molecule has 2 heterocycles. The molecule has 0 saturated carbocycles. The summed E-state index contributed by atoms with van der Waals surface area (Å²) in [5.41, 5.74) is 5.55. The van der Waals surface area contributed by atoms with E-state index < -0.39 is 0 Å². The summed E-state index contributed by atoms with van der Waals surface area (Å²) < 4.78 is 2.16. The third-order valence-electron chi connectivity index (χ3n) is 5.04. The zero-order valence-electron chi connectivity index (χ0n) is 16.5. The summed E-state index contributed by atoms with van der Waals surface area (Å²) in [4.78, 5) is 5.86. The molecule has 4 nitrogen and oxygen atoms in total. The summed E-state index contributed by atoms with van der Waals surface area (Å²) in [5, 5.41) is 8.16. The molecule has 1 N–H and O–H groups in total. The van der Waals surface area contributed by atoms with Crippen molar-refractivity contribution >= 4 is 5.71 Å². The van der Waals surface area contributed by atoms with Gasteiger partial charge in [0, 0.05) is 24.3 Å². The first-order valence-corrected chi connectivity index (χ1v) is 9.97. The molecule has 3 aromatic rings.